The third-order valence-electron chi connectivity index (χ3n) is 4.77. The van der Waals surface area contributed by atoms with Crippen LogP contribution in [0.5, 0.6) is 0 Å². The molecule has 1 saturated heterocycles. The van der Waals surface area contributed by atoms with E-state index in [9.17, 15) is 10.2 Å². The van der Waals surface area contributed by atoms with Crippen molar-refractivity contribution < 1.29 is 14.9 Å². The minimum atomic E-state index is -0.868. The van der Waals surface area contributed by atoms with E-state index in [1.807, 2.05) is 24.3 Å². The van der Waals surface area contributed by atoms with E-state index in [2.05, 4.69) is 24.3 Å². The van der Waals surface area contributed by atoms with Crippen LogP contribution in [-0.4, -0.2) is 22.4 Å². The Morgan fingerprint density at radius 1 is 0.857 bits per heavy atom. The van der Waals surface area contributed by atoms with Crippen LogP contribution in [-0.2, 0) is 4.74 Å². The zero-order valence-corrected chi connectivity index (χ0v) is 11.2. The van der Waals surface area contributed by atoms with E-state index in [0.29, 0.717) is 0 Å². The van der Waals surface area contributed by atoms with Crippen LogP contribution in [0.3, 0.4) is 0 Å². The fraction of sp³-hybridized carbons (Fsp3) is 0.222. The summed E-state index contributed by atoms with van der Waals surface area (Å²) in [5.74, 6) is 0. The topological polar surface area (TPSA) is 53.0 Å². The molecule has 3 aromatic carbocycles. The number of ether oxygens (including phenoxy) is 1. The molecular weight excluding hydrogens is 264 g/mol. The first kappa shape index (κ1) is 11.7. The Morgan fingerprint density at radius 3 is 2.52 bits per heavy atom. The van der Waals surface area contributed by atoms with E-state index in [1.165, 1.54) is 10.8 Å². The highest BCUT2D eigenvalue weighted by atomic mass is 16.6. The molecule has 1 heterocycles. The molecule has 1 fully saturated rings. The summed E-state index contributed by atoms with van der Waals surface area (Å²) in [5.41, 5.74) is 1.84. The van der Waals surface area contributed by atoms with Gasteiger partial charge in [0.15, 0.2) is 0 Å². The summed E-state index contributed by atoms with van der Waals surface area (Å²) < 4.78 is 5.63. The Kier molecular flexibility index (Phi) is 2.13. The zero-order valence-electron chi connectivity index (χ0n) is 11.2. The van der Waals surface area contributed by atoms with Crippen LogP contribution in [0.2, 0.25) is 0 Å². The maximum absolute atomic E-state index is 10.3. The van der Waals surface area contributed by atoms with Gasteiger partial charge in [0.25, 0.3) is 0 Å². The van der Waals surface area contributed by atoms with Gasteiger partial charge in [0.2, 0.25) is 0 Å². The maximum atomic E-state index is 10.3. The molecule has 0 bridgehead atoms. The second-order valence-electron chi connectivity index (χ2n) is 5.91. The SMILES string of the molecule is O[C@H]1[C@@H]2O[C@@H]2c2c(ccc3ccc4ccccc4c23)[C@@H]1O. The van der Waals surface area contributed by atoms with Gasteiger partial charge in [0, 0.05) is 0 Å². The Morgan fingerprint density at radius 2 is 1.62 bits per heavy atom. The predicted octanol–water partition coefficient (Wildman–Crippen LogP) is 2.84. The highest BCUT2D eigenvalue weighted by Gasteiger charge is 2.54. The number of benzene rings is 3. The Hall–Kier alpha value is -1.94. The molecular formula is C18H14O3. The fourth-order valence-corrected chi connectivity index (χ4v) is 3.69. The molecule has 21 heavy (non-hydrogen) atoms. The highest BCUT2D eigenvalue weighted by molar-refractivity contribution is 6.10. The summed E-state index contributed by atoms with van der Waals surface area (Å²) in [5, 5.41) is 25.0. The number of rotatable bonds is 0. The normalized spacial score (nSPS) is 30.2. The molecule has 0 spiro atoms. The molecule has 3 heteroatoms. The molecule has 4 atom stereocenters. The summed E-state index contributed by atoms with van der Waals surface area (Å²) >= 11 is 0. The van der Waals surface area contributed by atoms with Crippen molar-refractivity contribution in [1.29, 1.82) is 0 Å². The summed E-state index contributed by atoms with van der Waals surface area (Å²) in [6.07, 6.45) is -2.05. The maximum Gasteiger partial charge on any atom is 0.118 e. The number of aliphatic hydroxyl groups is 2. The fourth-order valence-electron chi connectivity index (χ4n) is 3.69. The van der Waals surface area contributed by atoms with Gasteiger partial charge in [-0.1, -0.05) is 48.5 Å². The van der Waals surface area contributed by atoms with Crippen molar-refractivity contribution in [2.75, 3.05) is 0 Å². The summed E-state index contributed by atoms with van der Waals surface area (Å²) in [4.78, 5) is 0. The van der Waals surface area contributed by atoms with E-state index in [1.54, 1.807) is 0 Å². The van der Waals surface area contributed by atoms with Crippen molar-refractivity contribution in [1.82, 2.24) is 0 Å². The van der Waals surface area contributed by atoms with Gasteiger partial charge in [0.05, 0.1) is 0 Å². The second kappa shape index (κ2) is 3.83. The first-order chi connectivity index (χ1) is 10.3. The van der Waals surface area contributed by atoms with E-state index < -0.39 is 12.2 Å². The first-order valence-corrected chi connectivity index (χ1v) is 7.21. The van der Waals surface area contributed by atoms with Crippen molar-refractivity contribution in [3.05, 3.63) is 59.7 Å². The monoisotopic (exact) mass is 278 g/mol. The van der Waals surface area contributed by atoms with Gasteiger partial charge in [-0.2, -0.15) is 0 Å². The molecule has 0 saturated carbocycles. The van der Waals surface area contributed by atoms with Crippen LogP contribution in [0.25, 0.3) is 21.5 Å². The van der Waals surface area contributed by atoms with Gasteiger partial charge in [-0.3, -0.25) is 0 Å². The minimum Gasteiger partial charge on any atom is -0.387 e. The summed E-state index contributed by atoms with van der Waals surface area (Å²) in [6.45, 7) is 0. The predicted molar refractivity (Wildman–Crippen MR) is 80.0 cm³/mol. The van der Waals surface area contributed by atoms with Crippen LogP contribution in [0, 0.1) is 0 Å². The molecule has 0 amide bonds. The molecule has 1 aliphatic carbocycles. The number of hydrogen-bond acceptors (Lipinski definition) is 3. The van der Waals surface area contributed by atoms with Crippen molar-refractivity contribution in [2.24, 2.45) is 0 Å². The van der Waals surface area contributed by atoms with Gasteiger partial charge in [0.1, 0.15) is 24.4 Å². The van der Waals surface area contributed by atoms with Crippen LogP contribution in [0.4, 0.5) is 0 Å². The van der Waals surface area contributed by atoms with Crippen molar-refractivity contribution >= 4 is 21.5 Å². The van der Waals surface area contributed by atoms with Crippen molar-refractivity contribution in [3.8, 4) is 0 Å². The van der Waals surface area contributed by atoms with Crippen LogP contribution in [0.1, 0.15) is 23.3 Å². The van der Waals surface area contributed by atoms with Gasteiger partial charge in [-0.15, -0.1) is 0 Å². The van der Waals surface area contributed by atoms with Crippen LogP contribution in [0.15, 0.2) is 48.5 Å². The van der Waals surface area contributed by atoms with Crippen LogP contribution < -0.4 is 0 Å². The third kappa shape index (κ3) is 1.43. The number of fused-ring (bicyclic) bond motifs is 7. The average molecular weight is 278 g/mol. The number of aliphatic hydroxyl groups excluding tert-OH is 2. The summed E-state index contributed by atoms with van der Waals surface area (Å²) in [6, 6.07) is 16.4. The second-order valence-corrected chi connectivity index (χ2v) is 5.91. The van der Waals surface area contributed by atoms with E-state index in [-0.39, 0.29) is 12.2 Å². The molecule has 2 aliphatic rings. The zero-order chi connectivity index (χ0) is 14.1. The molecule has 3 aromatic rings. The highest BCUT2D eigenvalue weighted by Crippen LogP contribution is 2.53. The van der Waals surface area contributed by atoms with Crippen molar-refractivity contribution in [3.63, 3.8) is 0 Å². The largest absolute Gasteiger partial charge is 0.387 e. The average Bonchev–Trinajstić information content (AvgIpc) is 3.32. The van der Waals surface area contributed by atoms with Gasteiger partial charge in [-0.25, -0.2) is 0 Å². The van der Waals surface area contributed by atoms with E-state index in [4.69, 9.17) is 4.74 Å². The number of epoxide rings is 1. The summed E-state index contributed by atoms with van der Waals surface area (Å²) in [7, 11) is 0. The lowest BCUT2D eigenvalue weighted by Gasteiger charge is -2.25. The molecule has 104 valence electrons. The lowest BCUT2D eigenvalue weighted by atomic mass is 9.83. The van der Waals surface area contributed by atoms with E-state index >= 15 is 0 Å². The molecule has 5 rings (SSSR count). The quantitative estimate of drug-likeness (QED) is 0.491. The number of hydrogen-bond donors (Lipinski definition) is 2. The Balaban J connectivity index is 1.95. The Labute approximate surface area is 121 Å². The molecule has 0 aromatic heterocycles. The molecule has 1 aliphatic heterocycles. The minimum absolute atomic E-state index is 0.0899. The molecule has 0 unspecified atom stereocenters. The Bertz CT molecular complexity index is 886. The molecule has 0 radical (unpaired) electrons. The first-order valence-electron chi connectivity index (χ1n) is 7.21. The van der Waals surface area contributed by atoms with Gasteiger partial charge in [-0.05, 0) is 32.7 Å². The molecule has 3 nitrogen and oxygen atoms in total. The lowest BCUT2D eigenvalue weighted by molar-refractivity contribution is 0.000109. The standard InChI is InChI=1S/C18H14O3/c19-15-12-8-7-10-6-5-9-3-1-2-4-11(9)13(10)14(12)17-18(21-17)16(15)20/h1-8,15-20H/t15-,16+,17+,18-/m0/s1. The third-order valence-corrected chi connectivity index (χ3v) is 4.77. The lowest BCUT2D eigenvalue weighted by Crippen LogP contribution is -2.29. The van der Waals surface area contributed by atoms with Gasteiger partial charge < -0.3 is 14.9 Å². The van der Waals surface area contributed by atoms with Crippen LogP contribution >= 0.6 is 0 Å². The smallest absolute Gasteiger partial charge is 0.118 e. The van der Waals surface area contributed by atoms with E-state index in [0.717, 1.165) is 21.9 Å². The van der Waals surface area contributed by atoms with Gasteiger partial charge >= 0.3 is 0 Å². The molecule has 2 N–H and O–H groups in total. The van der Waals surface area contributed by atoms with Crippen molar-refractivity contribution in [2.45, 2.75) is 24.4 Å².